The molecule has 0 aliphatic heterocycles. The van der Waals surface area contributed by atoms with Crippen LogP contribution in [0.1, 0.15) is 27.6 Å². The molecule has 0 atom stereocenters. The summed E-state index contributed by atoms with van der Waals surface area (Å²) in [6.45, 7) is 1.40. The molecule has 6 nitrogen and oxygen atoms in total. The van der Waals surface area contributed by atoms with Crippen molar-refractivity contribution < 1.29 is 27.3 Å². The van der Waals surface area contributed by atoms with Crippen molar-refractivity contribution in [1.29, 1.82) is 0 Å². The van der Waals surface area contributed by atoms with Crippen molar-refractivity contribution >= 4 is 21.9 Å². The predicted molar refractivity (Wildman–Crippen MR) is 77.7 cm³/mol. The third-order valence-electron chi connectivity index (χ3n) is 2.86. The molecule has 0 aliphatic carbocycles. The Morgan fingerprint density at radius 2 is 1.41 bits per heavy atom. The summed E-state index contributed by atoms with van der Waals surface area (Å²) >= 11 is 0. The number of carboxylic acid groups (broad SMARTS) is 1. The fourth-order valence-corrected chi connectivity index (χ4v) is 2.61. The summed E-state index contributed by atoms with van der Waals surface area (Å²) in [5, 5.41) is 8.78. The van der Waals surface area contributed by atoms with Crippen LogP contribution in [0.3, 0.4) is 0 Å². The average Bonchev–Trinajstić information content (AvgIpc) is 2.47. The highest BCUT2D eigenvalue weighted by Crippen LogP contribution is 2.19. The molecular weight excluding hydrogens is 308 g/mol. The lowest BCUT2D eigenvalue weighted by molar-refractivity contribution is 0.0696. The molecule has 2 rings (SSSR count). The third kappa shape index (κ3) is 3.50. The van der Waals surface area contributed by atoms with Crippen LogP contribution in [0.4, 0.5) is 0 Å². The van der Waals surface area contributed by atoms with Gasteiger partial charge < -0.3 is 9.29 Å². The van der Waals surface area contributed by atoms with E-state index < -0.39 is 16.1 Å². The molecule has 114 valence electrons. The number of hydrogen-bond donors (Lipinski definition) is 1. The topological polar surface area (TPSA) is 97.7 Å². The van der Waals surface area contributed by atoms with E-state index >= 15 is 0 Å². The summed E-state index contributed by atoms with van der Waals surface area (Å²) in [6, 6.07) is 10.3. The van der Waals surface area contributed by atoms with Crippen molar-refractivity contribution in [2.75, 3.05) is 0 Å². The second-order valence-corrected chi connectivity index (χ2v) is 5.99. The van der Waals surface area contributed by atoms with Gasteiger partial charge in [0.1, 0.15) is 10.6 Å². The first-order valence-electron chi connectivity index (χ1n) is 6.18. The number of aromatic carboxylic acids is 1. The van der Waals surface area contributed by atoms with E-state index in [1.165, 1.54) is 43.3 Å². The Hall–Kier alpha value is -2.67. The van der Waals surface area contributed by atoms with Gasteiger partial charge >= 0.3 is 16.1 Å². The molecule has 7 heteroatoms. The van der Waals surface area contributed by atoms with Gasteiger partial charge in [0.2, 0.25) is 0 Å². The molecule has 0 heterocycles. The Balaban J connectivity index is 2.23. The minimum absolute atomic E-state index is 0.0234. The number of ketones is 1. The van der Waals surface area contributed by atoms with E-state index in [1.54, 1.807) is 0 Å². The van der Waals surface area contributed by atoms with Crippen LogP contribution < -0.4 is 4.18 Å². The van der Waals surface area contributed by atoms with Gasteiger partial charge in [-0.3, -0.25) is 4.79 Å². The Morgan fingerprint density at radius 1 is 0.909 bits per heavy atom. The van der Waals surface area contributed by atoms with Gasteiger partial charge in [-0.2, -0.15) is 8.42 Å². The van der Waals surface area contributed by atoms with Crippen molar-refractivity contribution in [1.82, 2.24) is 0 Å². The Morgan fingerprint density at radius 3 is 1.86 bits per heavy atom. The van der Waals surface area contributed by atoms with Gasteiger partial charge in [0.15, 0.2) is 5.78 Å². The lowest BCUT2D eigenvalue weighted by atomic mass is 10.1. The summed E-state index contributed by atoms with van der Waals surface area (Å²) in [4.78, 5) is 21.7. The van der Waals surface area contributed by atoms with Crippen LogP contribution in [-0.2, 0) is 10.1 Å². The number of hydrogen-bond acceptors (Lipinski definition) is 5. The van der Waals surface area contributed by atoms with Crippen molar-refractivity contribution in [2.24, 2.45) is 0 Å². The van der Waals surface area contributed by atoms with Gasteiger partial charge in [-0.25, -0.2) is 4.79 Å². The lowest BCUT2D eigenvalue weighted by Gasteiger charge is -2.07. The van der Waals surface area contributed by atoms with Gasteiger partial charge in [0, 0.05) is 5.56 Å². The maximum absolute atomic E-state index is 12.1. The first-order chi connectivity index (χ1) is 10.3. The summed E-state index contributed by atoms with van der Waals surface area (Å²) in [6.07, 6.45) is 0. The number of carbonyl (C=O) groups is 2. The molecule has 2 aromatic rings. The summed E-state index contributed by atoms with van der Waals surface area (Å²) < 4.78 is 29.1. The number of carbonyl (C=O) groups excluding carboxylic acids is 1. The van der Waals surface area contributed by atoms with Gasteiger partial charge in [0.05, 0.1) is 5.56 Å². The lowest BCUT2D eigenvalue weighted by Crippen LogP contribution is -2.10. The van der Waals surface area contributed by atoms with Crippen LogP contribution >= 0.6 is 0 Å². The number of carboxylic acids is 1. The average molecular weight is 320 g/mol. The van der Waals surface area contributed by atoms with Crippen LogP contribution in [0.25, 0.3) is 0 Å². The normalized spacial score (nSPS) is 11.0. The zero-order valence-electron chi connectivity index (χ0n) is 11.5. The van der Waals surface area contributed by atoms with Crippen LogP contribution in [-0.4, -0.2) is 25.3 Å². The molecule has 0 aliphatic rings. The molecule has 22 heavy (non-hydrogen) atoms. The van der Waals surface area contributed by atoms with Gasteiger partial charge in [-0.15, -0.1) is 0 Å². The quantitative estimate of drug-likeness (QED) is 0.671. The highest BCUT2D eigenvalue weighted by Gasteiger charge is 2.17. The second kappa shape index (κ2) is 5.98. The Bertz CT molecular complexity index is 804. The molecule has 0 saturated heterocycles. The maximum Gasteiger partial charge on any atom is 0.339 e. The number of benzene rings is 2. The molecule has 1 N–H and O–H groups in total. The smallest absolute Gasteiger partial charge is 0.339 e. The molecule has 0 spiro atoms. The van der Waals surface area contributed by atoms with Crippen molar-refractivity contribution in [3.05, 3.63) is 59.7 Å². The summed E-state index contributed by atoms with van der Waals surface area (Å²) in [5.41, 5.74) is 0.417. The summed E-state index contributed by atoms with van der Waals surface area (Å²) in [7, 11) is -4.07. The van der Waals surface area contributed by atoms with E-state index in [1.807, 2.05) is 0 Å². The number of rotatable bonds is 5. The van der Waals surface area contributed by atoms with Crippen molar-refractivity contribution in [3.63, 3.8) is 0 Å². The minimum atomic E-state index is -4.07. The SMILES string of the molecule is CC(=O)c1ccc(OS(=O)(=O)c2ccc(C(=O)O)cc2)cc1. The molecule has 0 radical (unpaired) electrons. The molecule has 0 aromatic heterocycles. The Kier molecular flexibility index (Phi) is 4.27. The van der Waals surface area contributed by atoms with Crippen molar-refractivity contribution in [2.45, 2.75) is 11.8 Å². The molecule has 0 amide bonds. The monoisotopic (exact) mass is 320 g/mol. The third-order valence-corrected chi connectivity index (χ3v) is 4.12. The fourth-order valence-electron chi connectivity index (χ4n) is 1.68. The van der Waals surface area contributed by atoms with Crippen LogP contribution in [0, 0.1) is 0 Å². The van der Waals surface area contributed by atoms with E-state index in [0.717, 1.165) is 12.1 Å². The molecule has 0 unspecified atom stereocenters. The van der Waals surface area contributed by atoms with E-state index in [-0.39, 0.29) is 22.0 Å². The predicted octanol–water partition coefficient (Wildman–Crippen LogP) is 2.36. The first kappa shape index (κ1) is 15.7. The van der Waals surface area contributed by atoms with Gasteiger partial charge in [-0.05, 0) is 55.5 Å². The molecule has 0 saturated carbocycles. The zero-order chi connectivity index (χ0) is 16.3. The minimum Gasteiger partial charge on any atom is -0.478 e. The zero-order valence-corrected chi connectivity index (χ0v) is 12.3. The van der Waals surface area contributed by atoms with Crippen LogP contribution in [0.5, 0.6) is 5.75 Å². The maximum atomic E-state index is 12.1. The van der Waals surface area contributed by atoms with E-state index in [0.29, 0.717) is 5.56 Å². The molecular formula is C15H12O6S. The Labute approximate surface area is 127 Å². The van der Waals surface area contributed by atoms with Crippen molar-refractivity contribution in [3.8, 4) is 5.75 Å². The molecule has 0 bridgehead atoms. The molecule has 0 fully saturated rings. The van der Waals surface area contributed by atoms with Crippen LogP contribution in [0.2, 0.25) is 0 Å². The van der Waals surface area contributed by atoms with E-state index in [9.17, 15) is 18.0 Å². The van der Waals surface area contributed by atoms with E-state index in [4.69, 9.17) is 9.29 Å². The van der Waals surface area contributed by atoms with Gasteiger partial charge in [0.25, 0.3) is 0 Å². The largest absolute Gasteiger partial charge is 0.478 e. The highest BCUT2D eigenvalue weighted by atomic mass is 32.2. The number of Topliss-reactive ketones (excluding diaryl/α,β-unsaturated/α-hetero) is 1. The van der Waals surface area contributed by atoms with Gasteiger partial charge in [-0.1, -0.05) is 0 Å². The molecule has 2 aromatic carbocycles. The van der Waals surface area contributed by atoms with Crippen LogP contribution in [0.15, 0.2) is 53.4 Å². The summed E-state index contributed by atoms with van der Waals surface area (Å²) in [5.74, 6) is -1.23. The second-order valence-electron chi connectivity index (χ2n) is 4.45. The highest BCUT2D eigenvalue weighted by molar-refractivity contribution is 7.87. The van der Waals surface area contributed by atoms with E-state index in [2.05, 4.69) is 0 Å². The fraction of sp³-hybridized carbons (Fsp3) is 0.0667. The first-order valence-corrected chi connectivity index (χ1v) is 7.59. The standard InChI is InChI=1S/C15H12O6S/c1-10(16)11-2-6-13(7-3-11)21-22(19,20)14-8-4-12(5-9-14)15(17)18/h2-9H,1H3,(H,17,18).